The maximum absolute atomic E-state index is 11.0. The zero-order valence-electron chi connectivity index (χ0n) is 7.68. The molecule has 0 saturated heterocycles. The highest BCUT2D eigenvalue weighted by Crippen LogP contribution is 2.00. The van der Waals surface area contributed by atoms with Crippen LogP contribution in [0.15, 0.2) is 5.18 Å². The number of carbonyl (C=O) groups excluding carboxylic acids is 3. The van der Waals surface area contributed by atoms with Crippen molar-refractivity contribution in [2.45, 2.75) is 12.5 Å². The molecule has 7 nitrogen and oxygen atoms in total. The SMILES string of the molecule is COC(=O)CC(=O)C(N=O)C(=O)OC. The minimum absolute atomic E-state index is 0.679. The Hall–Kier alpha value is -1.79. The first-order valence-corrected chi connectivity index (χ1v) is 3.56. The molecule has 0 aliphatic rings. The molecule has 1 atom stereocenters. The molecule has 0 amide bonds. The fourth-order valence-corrected chi connectivity index (χ4v) is 0.656. The van der Waals surface area contributed by atoms with Crippen LogP contribution in [0, 0.1) is 4.91 Å². The molecule has 0 bridgehead atoms. The molecular weight excluding hydrogens is 194 g/mol. The highest BCUT2D eigenvalue weighted by molar-refractivity contribution is 6.09. The highest BCUT2D eigenvalue weighted by atomic mass is 16.5. The first kappa shape index (κ1) is 12.2. The fraction of sp³-hybridized carbons (Fsp3) is 0.571. The zero-order valence-corrected chi connectivity index (χ0v) is 7.68. The van der Waals surface area contributed by atoms with Gasteiger partial charge in [0.25, 0.3) is 0 Å². The lowest BCUT2D eigenvalue weighted by molar-refractivity contribution is -0.147. The van der Waals surface area contributed by atoms with E-state index in [9.17, 15) is 19.3 Å². The molecule has 0 aliphatic carbocycles. The van der Waals surface area contributed by atoms with Crippen LogP contribution in [0.25, 0.3) is 0 Å². The number of nitroso groups, excluding NO2 is 1. The van der Waals surface area contributed by atoms with Crippen LogP contribution in [0.4, 0.5) is 0 Å². The van der Waals surface area contributed by atoms with Crippen LogP contribution >= 0.6 is 0 Å². The molecule has 0 aromatic heterocycles. The third-order valence-electron chi connectivity index (χ3n) is 1.38. The van der Waals surface area contributed by atoms with Crippen LogP contribution in [-0.4, -0.2) is 38.0 Å². The van der Waals surface area contributed by atoms with Gasteiger partial charge in [0.05, 0.1) is 14.2 Å². The molecule has 0 saturated carbocycles. The van der Waals surface area contributed by atoms with Gasteiger partial charge in [0, 0.05) is 0 Å². The standard InChI is InChI=1S/C7H9NO6/c1-13-5(10)3-4(9)6(8-12)7(11)14-2/h6H,3H2,1-2H3. The Morgan fingerprint density at radius 2 is 1.79 bits per heavy atom. The third kappa shape index (κ3) is 3.30. The topological polar surface area (TPSA) is 99.1 Å². The van der Waals surface area contributed by atoms with Crippen LogP contribution in [0.1, 0.15) is 6.42 Å². The molecule has 0 spiro atoms. The summed E-state index contributed by atoms with van der Waals surface area (Å²) in [7, 11) is 2.09. The van der Waals surface area contributed by atoms with Crippen molar-refractivity contribution in [3.8, 4) is 0 Å². The lowest BCUT2D eigenvalue weighted by atomic mass is 10.1. The number of carbonyl (C=O) groups is 3. The van der Waals surface area contributed by atoms with Gasteiger partial charge in [-0.15, -0.1) is 4.91 Å². The average molecular weight is 203 g/mol. The van der Waals surface area contributed by atoms with Gasteiger partial charge in [0.2, 0.25) is 6.04 Å². The van der Waals surface area contributed by atoms with Crippen LogP contribution in [-0.2, 0) is 23.9 Å². The Morgan fingerprint density at radius 1 is 1.21 bits per heavy atom. The zero-order chi connectivity index (χ0) is 11.1. The summed E-state index contributed by atoms with van der Waals surface area (Å²) in [5.74, 6) is -2.87. The van der Waals surface area contributed by atoms with Crippen LogP contribution < -0.4 is 0 Å². The number of rotatable bonds is 5. The smallest absolute Gasteiger partial charge is 0.342 e. The van der Waals surface area contributed by atoms with Crippen molar-refractivity contribution in [3.63, 3.8) is 0 Å². The van der Waals surface area contributed by atoms with E-state index in [2.05, 4.69) is 14.7 Å². The van der Waals surface area contributed by atoms with Gasteiger partial charge in [-0.1, -0.05) is 0 Å². The van der Waals surface area contributed by atoms with E-state index in [0.717, 1.165) is 14.2 Å². The average Bonchev–Trinajstić information content (AvgIpc) is 2.18. The van der Waals surface area contributed by atoms with E-state index in [1.54, 1.807) is 0 Å². The maximum Gasteiger partial charge on any atom is 0.342 e. The van der Waals surface area contributed by atoms with Crippen molar-refractivity contribution in [1.82, 2.24) is 0 Å². The number of methoxy groups -OCH3 is 2. The maximum atomic E-state index is 11.0. The van der Waals surface area contributed by atoms with Gasteiger partial charge in [-0.25, -0.2) is 4.79 Å². The molecule has 1 unspecified atom stereocenters. The molecule has 0 radical (unpaired) electrons. The predicted molar refractivity (Wildman–Crippen MR) is 43.2 cm³/mol. The Morgan fingerprint density at radius 3 is 2.14 bits per heavy atom. The van der Waals surface area contributed by atoms with Crippen molar-refractivity contribution in [2.75, 3.05) is 14.2 Å². The van der Waals surface area contributed by atoms with Crippen molar-refractivity contribution in [3.05, 3.63) is 4.91 Å². The molecule has 0 rings (SSSR count). The number of hydrogen-bond donors (Lipinski definition) is 0. The first-order valence-electron chi connectivity index (χ1n) is 3.56. The lowest BCUT2D eigenvalue weighted by Crippen LogP contribution is -2.30. The second-order valence-electron chi connectivity index (χ2n) is 2.25. The van der Waals surface area contributed by atoms with E-state index in [-0.39, 0.29) is 0 Å². The molecule has 0 aromatic carbocycles. The van der Waals surface area contributed by atoms with E-state index >= 15 is 0 Å². The van der Waals surface area contributed by atoms with Crippen LogP contribution in [0.2, 0.25) is 0 Å². The van der Waals surface area contributed by atoms with Gasteiger partial charge in [0.1, 0.15) is 6.42 Å². The van der Waals surface area contributed by atoms with Gasteiger partial charge >= 0.3 is 11.9 Å². The summed E-state index contributed by atoms with van der Waals surface area (Å²) in [6.07, 6.45) is -0.679. The second-order valence-corrected chi connectivity index (χ2v) is 2.25. The van der Waals surface area contributed by atoms with E-state index < -0.39 is 30.2 Å². The van der Waals surface area contributed by atoms with E-state index in [1.807, 2.05) is 0 Å². The minimum atomic E-state index is -1.79. The highest BCUT2D eigenvalue weighted by Gasteiger charge is 2.30. The summed E-state index contributed by atoms with van der Waals surface area (Å²) in [5, 5.41) is 2.26. The van der Waals surface area contributed by atoms with Crippen molar-refractivity contribution < 1.29 is 23.9 Å². The van der Waals surface area contributed by atoms with Gasteiger partial charge in [-0.3, -0.25) is 9.59 Å². The summed E-state index contributed by atoms with van der Waals surface area (Å²) in [6, 6.07) is -1.79. The van der Waals surface area contributed by atoms with E-state index in [1.165, 1.54) is 0 Å². The van der Waals surface area contributed by atoms with Gasteiger partial charge in [-0.2, -0.15) is 0 Å². The Kier molecular flexibility index (Phi) is 5.05. The molecule has 14 heavy (non-hydrogen) atoms. The molecule has 78 valence electrons. The summed E-state index contributed by atoms with van der Waals surface area (Å²) >= 11 is 0. The van der Waals surface area contributed by atoms with Gasteiger partial charge in [0.15, 0.2) is 5.78 Å². The number of Topliss-reactive ketones (excluding diaryl/α,β-unsaturated/α-hetero) is 1. The summed E-state index contributed by atoms with van der Waals surface area (Å²) < 4.78 is 8.31. The molecule has 7 heteroatoms. The lowest BCUT2D eigenvalue weighted by Gasteiger charge is -2.04. The first-order chi connectivity index (χ1) is 6.56. The van der Waals surface area contributed by atoms with Gasteiger partial charge < -0.3 is 9.47 Å². The Balaban J connectivity index is 4.40. The summed E-state index contributed by atoms with van der Waals surface area (Å²) in [4.78, 5) is 42.5. The van der Waals surface area contributed by atoms with E-state index in [4.69, 9.17) is 0 Å². The second kappa shape index (κ2) is 5.79. The minimum Gasteiger partial charge on any atom is -0.469 e. The monoisotopic (exact) mass is 203 g/mol. The molecule has 0 aliphatic heterocycles. The Labute approximate surface area is 79.3 Å². The molecule has 0 aromatic rings. The van der Waals surface area contributed by atoms with Crippen LogP contribution in [0.5, 0.6) is 0 Å². The Bertz CT molecular complexity index is 261. The largest absolute Gasteiger partial charge is 0.469 e. The molecule has 0 heterocycles. The molecule has 0 N–H and O–H groups in total. The summed E-state index contributed by atoms with van der Waals surface area (Å²) in [5.41, 5.74) is 0. The molecular formula is C7H9NO6. The number of ketones is 1. The summed E-state index contributed by atoms with van der Waals surface area (Å²) in [6.45, 7) is 0. The van der Waals surface area contributed by atoms with Crippen LogP contribution in [0.3, 0.4) is 0 Å². The fourth-order valence-electron chi connectivity index (χ4n) is 0.656. The number of esters is 2. The number of ether oxygens (including phenoxy) is 2. The number of nitrogens with zero attached hydrogens (tertiary/aromatic N) is 1. The van der Waals surface area contributed by atoms with Crippen molar-refractivity contribution in [1.29, 1.82) is 0 Å². The molecule has 0 fully saturated rings. The predicted octanol–water partition coefficient (Wildman–Crippen LogP) is -0.573. The van der Waals surface area contributed by atoms with E-state index in [0.29, 0.717) is 0 Å². The van der Waals surface area contributed by atoms with Crippen molar-refractivity contribution >= 4 is 17.7 Å². The number of hydrogen-bond acceptors (Lipinski definition) is 7. The normalized spacial score (nSPS) is 11.3. The quantitative estimate of drug-likeness (QED) is 0.337. The van der Waals surface area contributed by atoms with Gasteiger partial charge in [-0.05, 0) is 5.18 Å². The van der Waals surface area contributed by atoms with Crippen molar-refractivity contribution in [2.24, 2.45) is 5.18 Å². The third-order valence-corrected chi connectivity index (χ3v) is 1.38.